The molecule has 0 aromatic heterocycles. The second-order valence-corrected chi connectivity index (χ2v) is 16.8. The Hall–Kier alpha value is -3.65. The first-order valence-corrected chi connectivity index (χ1v) is 23.5. The molecule has 2 amide bonds. The molecule has 58 heavy (non-hydrogen) atoms. The summed E-state index contributed by atoms with van der Waals surface area (Å²) < 4.78 is 0. The Balaban J connectivity index is 1.82. The number of rotatable bonds is 38. The van der Waals surface area contributed by atoms with Crippen LogP contribution in [0, 0.1) is 11.8 Å². The minimum absolute atomic E-state index is 0.167. The number of guanidine groups is 4. The highest BCUT2D eigenvalue weighted by atomic mass is 16.2. The molecule has 14 N–H and O–H groups in total. The first-order chi connectivity index (χ1) is 28.2. The molecule has 2 fully saturated rings. The van der Waals surface area contributed by atoms with Crippen molar-refractivity contribution in [3.8, 4) is 0 Å². The summed E-state index contributed by atoms with van der Waals surface area (Å²) in [5.41, 5.74) is 33.9. The molecule has 0 aromatic rings. The van der Waals surface area contributed by atoms with Crippen molar-refractivity contribution in [1.29, 1.82) is 0 Å². The minimum atomic E-state index is 0.167. The number of carbonyl (C=O) groups excluding carboxylic acids is 1. The zero-order valence-corrected chi connectivity index (χ0v) is 36.7. The number of aliphatic imine (C=N–C) groups is 4. The van der Waals surface area contributed by atoms with Crippen LogP contribution in [0.1, 0.15) is 167 Å². The fourth-order valence-corrected chi connectivity index (χ4v) is 6.98. The van der Waals surface area contributed by atoms with E-state index in [4.69, 9.17) is 34.4 Å². The predicted molar refractivity (Wildman–Crippen MR) is 246 cm³/mol. The van der Waals surface area contributed by atoms with E-state index in [2.05, 4.69) is 40.4 Å². The standard InChI is InChI=1S/C43H88N14O/c44-39(45)50-27-15-7-1-4-11-19-31-56(32-21-13-6-3-9-17-29-52-41(48)54-35-37-23-24-37)43(58)57(33-20-12-5-2-8-16-28-51-40(46)47)34-22-14-10-18-30-53-42(49)55-36-38-25-26-38/h37-38H,1-36H2,(H4,44,45,50)(H4,46,47,51)(H3,48,52,54)(H3,49,53,55). The molecule has 0 unspecified atom stereocenters. The van der Waals surface area contributed by atoms with E-state index in [9.17, 15) is 4.79 Å². The Kier molecular flexibility index (Phi) is 29.8. The zero-order valence-electron chi connectivity index (χ0n) is 36.7. The van der Waals surface area contributed by atoms with Gasteiger partial charge in [-0.05, 0) is 88.9 Å². The molecule has 2 rings (SSSR count). The lowest BCUT2D eigenvalue weighted by atomic mass is 10.1. The van der Waals surface area contributed by atoms with Crippen LogP contribution in [0.4, 0.5) is 4.79 Å². The van der Waals surface area contributed by atoms with Gasteiger partial charge in [-0.25, -0.2) is 4.79 Å². The smallest absolute Gasteiger partial charge is 0.319 e. The molecule has 0 radical (unpaired) electrons. The molecule has 0 heterocycles. The zero-order chi connectivity index (χ0) is 41.9. The molecule has 0 atom stereocenters. The van der Waals surface area contributed by atoms with E-state index >= 15 is 0 Å². The highest BCUT2D eigenvalue weighted by molar-refractivity contribution is 5.78. The Morgan fingerprint density at radius 1 is 0.414 bits per heavy atom. The first kappa shape index (κ1) is 50.5. The lowest BCUT2D eigenvalue weighted by molar-refractivity contribution is 0.148. The Bertz CT molecular complexity index is 1150. The molecule has 0 aromatic carbocycles. The predicted octanol–water partition coefficient (Wildman–Crippen LogP) is 5.47. The van der Waals surface area contributed by atoms with Crippen molar-refractivity contribution in [3.05, 3.63) is 0 Å². The van der Waals surface area contributed by atoms with Crippen molar-refractivity contribution in [3.63, 3.8) is 0 Å². The van der Waals surface area contributed by atoms with Crippen LogP contribution in [-0.2, 0) is 0 Å². The van der Waals surface area contributed by atoms with E-state index in [1.54, 1.807) is 0 Å². The highest BCUT2D eigenvalue weighted by Gasteiger charge is 2.22. The summed E-state index contributed by atoms with van der Waals surface area (Å²) in [5, 5.41) is 6.54. The Morgan fingerprint density at radius 3 is 1.02 bits per heavy atom. The Labute approximate surface area is 352 Å². The highest BCUT2D eigenvalue weighted by Crippen LogP contribution is 2.29. The maximum Gasteiger partial charge on any atom is 0.319 e. The number of hydrogen-bond donors (Lipinski definition) is 8. The number of nitrogens with one attached hydrogen (secondary N) is 2. The third-order valence-electron chi connectivity index (χ3n) is 11.1. The van der Waals surface area contributed by atoms with Gasteiger partial charge in [0.2, 0.25) is 0 Å². The van der Waals surface area contributed by atoms with E-state index in [-0.39, 0.29) is 18.0 Å². The van der Waals surface area contributed by atoms with Crippen molar-refractivity contribution < 1.29 is 4.79 Å². The molecule has 336 valence electrons. The molecule has 0 saturated heterocycles. The fourth-order valence-electron chi connectivity index (χ4n) is 6.98. The molecule has 2 aliphatic carbocycles. The van der Waals surface area contributed by atoms with Crippen LogP contribution in [0.3, 0.4) is 0 Å². The van der Waals surface area contributed by atoms with Gasteiger partial charge >= 0.3 is 6.03 Å². The lowest BCUT2D eigenvalue weighted by Crippen LogP contribution is -2.45. The molecule has 0 aliphatic heterocycles. The van der Waals surface area contributed by atoms with Gasteiger partial charge in [0.05, 0.1) is 0 Å². The van der Waals surface area contributed by atoms with Gasteiger partial charge in [0.15, 0.2) is 23.8 Å². The number of nitrogens with zero attached hydrogens (tertiary/aromatic N) is 6. The largest absolute Gasteiger partial charge is 0.370 e. The maximum atomic E-state index is 14.3. The van der Waals surface area contributed by atoms with E-state index in [0.717, 1.165) is 173 Å². The van der Waals surface area contributed by atoms with Crippen molar-refractivity contribution in [2.24, 2.45) is 66.2 Å². The van der Waals surface area contributed by atoms with Gasteiger partial charge in [-0.2, -0.15) is 0 Å². The Morgan fingerprint density at radius 2 is 0.707 bits per heavy atom. The second kappa shape index (κ2) is 34.2. The van der Waals surface area contributed by atoms with Gasteiger partial charge in [0.25, 0.3) is 0 Å². The first-order valence-electron chi connectivity index (χ1n) is 23.5. The monoisotopic (exact) mass is 817 g/mol. The van der Waals surface area contributed by atoms with Gasteiger partial charge in [-0.3, -0.25) is 20.0 Å². The van der Waals surface area contributed by atoms with Crippen molar-refractivity contribution in [2.75, 3.05) is 65.4 Å². The van der Waals surface area contributed by atoms with Crippen LogP contribution < -0.4 is 45.0 Å². The normalized spacial score (nSPS) is 14.3. The van der Waals surface area contributed by atoms with Gasteiger partial charge in [-0.15, -0.1) is 0 Å². The number of carbonyl (C=O) groups is 1. The number of nitrogens with two attached hydrogens (primary N) is 6. The second-order valence-electron chi connectivity index (χ2n) is 16.8. The number of urea groups is 1. The van der Waals surface area contributed by atoms with Gasteiger partial charge in [0.1, 0.15) is 0 Å². The fraction of sp³-hybridized carbons (Fsp3) is 0.884. The summed E-state index contributed by atoms with van der Waals surface area (Å²) in [7, 11) is 0. The summed E-state index contributed by atoms with van der Waals surface area (Å²) in [6.45, 7) is 8.12. The number of hydrogen-bond acceptors (Lipinski definition) is 5. The van der Waals surface area contributed by atoms with Crippen molar-refractivity contribution >= 4 is 29.9 Å². The van der Waals surface area contributed by atoms with Crippen LogP contribution in [-0.4, -0.2) is 105 Å². The third-order valence-corrected chi connectivity index (χ3v) is 11.1. The SMILES string of the molecule is NC(N)=NCCCCCCCCN(CCCCCCCCNC(N)=NCC1CC1)C(=O)N(CCCCCCCCN=C(N)N)CCCCCCNC(N)=NCC1CC1. The minimum Gasteiger partial charge on any atom is -0.370 e. The summed E-state index contributed by atoms with van der Waals surface area (Å²) >= 11 is 0. The van der Waals surface area contributed by atoms with Crippen molar-refractivity contribution in [1.82, 2.24) is 20.4 Å². The third kappa shape index (κ3) is 31.4. The number of amides is 2. The van der Waals surface area contributed by atoms with Crippen LogP contribution in [0.2, 0.25) is 0 Å². The maximum absolute atomic E-state index is 14.3. The van der Waals surface area contributed by atoms with Gasteiger partial charge in [0, 0.05) is 65.4 Å². The average molecular weight is 817 g/mol. The van der Waals surface area contributed by atoms with E-state index in [0.29, 0.717) is 25.0 Å². The average Bonchev–Trinajstić information content (AvgIpc) is 4.14. The van der Waals surface area contributed by atoms with Gasteiger partial charge in [-0.1, -0.05) is 89.9 Å². The van der Waals surface area contributed by atoms with E-state index in [1.807, 2.05) is 0 Å². The summed E-state index contributed by atoms with van der Waals surface area (Å²) in [6.07, 6.45) is 29.5. The molecule has 2 saturated carbocycles. The van der Waals surface area contributed by atoms with E-state index in [1.165, 1.54) is 57.8 Å². The van der Waals surface area contributed by atoms with E-state index < -0.39 is 0 Å². The molecule has 15 heteroatoms. The van der Waals surface area contributed by atoms with Crippen molar-refractivity contribution in [2.45, 2.75) is 167 Å². The van der Waals surface area contributed by atoms with Crippen LogP contribution >= 0.6 is 0 Å². The molecule has 2 aliphatic rings. The molecular formula is C43H88N14O. The number of unbranched alkanes of at least 4 members (excludes halogenated alkanes) is 18. The summed E-state index contributed by atoms with van der Waals surface area (Å²) in [4.78, 5) is 35.7. The quantitative estimate of drug-likeness (QED) is 0.0223. The molecular weight excluding hydrogens is 729 g/mol. The molecule has 15 nitrogen and oxygen atoms in total. The van der Waals surface area contributed by atoms with Gasteiger partial charge < -0.3 is 54.8 Å². The molecule has 0 spiro atoms. The summed E-state index contributed by atoms with van der Waals surface area (Å²) in [5.74, 6) is 3.00. The molecule has 0 bridgehead atoms. The van der Waals surface area contributed by atoms with Crippen LogP contribution in [0.25, 0.3) is 0 Å². The summed E-state index contributed by atoms with van der Waals surface area (Å²) in [6, 6.07) is 0.225. The van der Waals surface area contributed by atoms with Crippen LogP contribution in [0.5, 0.6) is 0 Å². The lowest BCUT2D eigenvalue weighted by Gasteiger charge is -2.31. The topological polar surface area (TPSA) is 253 Å². The van der Waals surface area contributed by atoms with Crippen LogP contribution in [0.15, 0.2) is 20.0 Å².